The predicted molar refractivity (Wildman–Crippen MR) is 82.1 cm³/mol. The van der Waals surface area contributed by atoms with Crippen LogP contribution in [0, 0.1) is 10.1 Å². The average Bonchev–Trinajstić information content (AvgIpc) is 2.97. The van der Waals surface area contributed by atoms with E-state index < -0.39 is 22.4 Å². The van der Waals surface area contributed by atoms with Gasteiger partial charge in [-0.25, -0.2) is 0 Å². The van der Waals surface area contributed by atoms with Gasteiger partial charge in [0.1, 0.15) is 5.69 Å². The summed E-state index contributed by atoms with van der Waals surface area (Å²) in [5.41, 5.74) is -1.50. The van der Waals surface area contributed by atoms with E-state index in [1.807, 2.05) is 0 Å². The van der Waals surface area contributed by atoms with Crippen LogP contribution in [0.1, 0.15) is 15.9 Å². The zero-order chi connectivity index (χ0) is 18.6. The monoisotopic (exact) mass is 357 g/mol. The lowest BCUT2D eigenvalue weighted by Gasteiger charge is -2.11. The molecule has 11 heteroatoms. The number of aromatic nitrogens is 2. The van der Waals surface area contributed by atoms with Gasteiger partial charge in [0.15, 0.2) is 0 Å². The van der Waals surface area contributed by atoms with Crippen LogP contribution in [-0.4, -0.2) is 33.7 Å². The quantitative estimate of drug-likeness (QED) is 0.469. The van der Waals surface area contributed by atoms with Crippen molar-refractivity contribution >= 4 is 17.3 Å². The summed E-state index contributed by atoms with van der Waals surface area (Å²) in [5.74, 6) is -0.378. The number of hydrogen-bond donors (Lipinski definition) is 2. The fourth-order valence-electron chi connectivity index (χ4n) is 2.02. The van der Waals surface area contributed by atoms with Crippen LogP contribution in [0.2, 0.25) is 0 Å². The maximum absolute atomic E-state index is 12.6. The standard InChI is InChI=1S/C14H14F3N5O3/c1-21-8-9(7-20-21)13(23)19-5-4-18-11-3-2-10(14(15,16)17)6-12(11)22(24)25/h2-3,6-8,18H,4-5H2,1H3,(H,19,23). The Morgan fingerprint density at radius 2 is 2.08 bits per heavy atom. The smallest absolute Gasteiger partial charge is 0.378 e. The summed E-state index contributed by atoms with van der Waals surface area (Å²) in [5, 5.41) is 20.0. The molecule has 2 aromatic rings. The number of aryl methyl sites for hydroxylation is 1. The summed E-state index contributed by atoms with van der Waals surface area (Å²) in [6.07, 6.45) is -1.77. The predicted octanol–water partition coefficient (Wildman–Crippen LogP) is 2.19. The van der Waals surface area contributed by atoms with Crippen LogP contribution in [-0.2, 0) is 13.2 Å². The molecule has 0 atom stereocenters. The van der Waals surface area contributed by atoms with E-state index in [1.54, 1.807) is 7.05 Å². The second-order valence-corrected chi connectivity index (χ2v) is 5.07. The zero-order valence-electron chi connectivity index (χ0n) is 13.0. The van der Waals surface area contributed by atoms with Gasteiger partial charge in [-0.05, 0) is 12.1 Å². The van der Waals surface area contributed by atoms with E-state index in [2.05, 4.69) is 15.7 Å². The van der Waals surface area contributed by atoms with Crippen molar-refractivity contribution in [3.8, 4) is 0 Å². The number of carbonyl (C=O) groups excluding carboxylic acids is 1. The molecule has 0 saturated heterocycles. The lowest BCUT2D eigenvalue weighted by atomic mass is 10.1. The van der Waals surface area contributed by atoms with Crippen LogP contribution in [0.25, 0.3) is 0 Å². The van der Waals surface area contributed by atoms with Gasteiger partial charge in [-0.15, -0.1) is 0 Å². The van der Waals surface area contributed by atoms with Gasteiger partial charge in [0, 0.05) is 32.4 Å². The molecule has 2 N–H and O–H groups in total. The number of alkyl halides is 3. The highest BCUT2D eigenvalue weighted by Gasteiger charge is 2.32. The molecule has 134 valence electrons. The Bertz CT molecular complexity index is 788. The molecule has 0 radical (unpaired) electrons. The summed E-state index contributed by atoms with van der Waals surface area (Å²) < 4.78 is 39.3. The number of hydrogen-bond acceptors (Lipinski definition) is 5. The average molecular weight is 357 g/mol. The number of nitro benzene ring substituents is 1. The lowest BCUT2D eigenvalue weighted by Crippen LogP contribution is -2.28. The van der Waals surface area contributed by atoms with E-state index >= 15 is 0 Å². The highest BCUT2D eigenvalue weighted by molar-refractivity contribution is 5.93. The van der Waals surface area contributed by atoms with E-state index in [1.165, 1.54) is 17.1 Å². The van der Waals surface area contributed by atoms with Crippen molar-refractivity contribution in [3.63, 3.8) is 0 Å². The van der Waals surface area contributed by atoms with Gasteiger partial charge in [-0.3, -0.25) is 19.6 Å². The van der Waals surface area contributed by atoms with Crippen molar-refractivity contribution in [2.75, 3.05) is 18.4 Å². The SMILES string of the molecule is Cn1cc(C(=O)NCCNc2ccc(C(F)(F)F)cc2[N+](=O)[O-])cn1. The van der Waals surface area contributed by atoms with Crippen molar-refractivity contribution in [2.45, 2.75) is 6.18 Å². The van der Waals surface area contributed by atoms with E-state index in [0.29, 0.717) is 11.6 Å². The molecule has 1 aromatic heterocycles. The molecule has 0 bridgehead atoms. The molecule has 0 aliphatic heterocycles. The number of anilines is 1. The van der Waals surface area contributed by atoms with E-state index in [4.69, 9.17) is 0 Å². The molecule has 0 aliphatic carbocycles. The molecule has 1 aromatic carbocycles. The van der Waals surface area contributed by atoms with Crippen LogP contribution in [0.5, 0.6) is 0 Å². The first-order valence-electron chi connectivity index (χ1n) is 7.05. The molecule has 8 nitrogen and oxygen atoms in total. The number of benzene rings is 1. The number of rotatable bonds is 6. The first-order chi connectivity index (χ1) is 11.7. The molecule has 0 aliphatic rings. The summed E-state index contributed by atoms with van der Waals surface area (Å²) in [4.78, 5) is 21.8. The normalized spacial score (nSPS) is 11.2. The highest BCUT2D eigenvalue weighted by Crippen LogP contribution is 2.34. The summed E-state index contributed by atoms with van der Waals surface area (Å²) in [6, 6.07) is 2.21. The largest absolute Gasteiger partial charge is 0.416 e. The van der Waals surface area contributed by atoms with Crippen LogP contribution in [0.15, 0.2) is 30.6 Å². The fourth-order valence-corrected chi connectivity index (χ4v) is 2.02. The topological polar surface area (TPSA) is 102 Å². The van der Waals surface area contributed by atoms with E-state index in [0.717, 1.165) is 12.1 Å². The van der Waals surface area contributed by atoms with Crippen molar-refractivity contribution in [1.82, 2.24) is 15.1 Å². The molecular formula is C14H14F3N5O3. The van der Waals surface area contributed by atoms with Gasteiger partial charge in [-0.1, -0.05) is 0 Å². The van der Waals surface area contributed by atoms with Crippen molar-refractivity contribution in [3.05, 3.63) is 51.8 Å². The Labute approximate surface area is 139 Å². The molecule has 0 unspecified atom stereocenters. The molecule has 0 saturated carbocycles. The number of amides is 1. The number of nitro groups is 1. The molecule has 25 heavy (non-hydrogen) atoms. The Hall–Kier alpha value is -3.11. The van der Waals surface area contributed by atoms with Gasteiger partial charge in [0.05, 0.1) is 22.2 Å². The number of halogens is 3. The minimum absolute atomic E-state index is 0.0615. The zero-order valence-corrected chi connectivity index (χ0v) is 13.0. The Kier molecular flexibility index (Phi) is 5.25. The van der Waals surface area contributed by atoms with Crippen molar-refractivity contribution < 1.29 is 22.9 Å². The number of nitrogens with zero attached hydrogens (tertiary/aromatic N) is 3. The highest BCUT2D eigenvalue weighted by atomic mass is 19.4. The number of carbonyl (C=O) groups is 1. The van der Waals surface area contributed by atoms with Gasteiger partial charge in [0.25, 0.3) is 11.6 Å². The lowest BCUT2D eigenvalue weighted by molar-refractivity contribution is -0.384. The minimum Gasteiger partial charge on any atom is -0.378 e. The van der Waals surface area contributed by atoms with Crippen LogP contribution in [0.3, 0.4) is 0 Å². The number of nitrogens with one attached hydrogen (secondary N) is 2. The van der Waals surface area contributed by atoms with Gasteiger partial charge in [0.2, 0.25) is 0 Å². The van der Waals surface area contributed by atoms with Gasteiger partial charge in [-0.2, -0.15) is 18.3 Å². The van der Waals surface area contributed by atoms with E-state index in [9.17, 15) is 28.1 Å². The Morgan fingerprint density at radius 1 is 1.36 bits per heavy atom. The van der Waals surface area contributed by atoms with Crippen molar-refractivity contribution in [1.29, 1.82) is 0 Å². The third kappa shape index (κ3) is 4.68. The minimum atomic E-state index is -4.67. The molecule has 0 fully saturated rings. The second kappa shape index (κ2) is 7.20. The molecular weight excluding hydrogens is 343 g/mol. The second-order valence-electron chi connectivity index (χ2n) is 5.07. The fraction of sp³-hybridized carbons (Fsp3) is 0.286. The summed E-state index contributed by atoms with van der Waals surface area (Å²) >= 11 is 0. The maximum atomic E-state index is 12.6. The van der Waals surface area contributed by atoms with E-state index in [-0.39, 0.29) is 24.7 Å². The van der Waals surface area contributed by atoms with Crippen LogP contribution in [0.4, 0.5) is 24.5 Å². The Morgan fingerprint density at radius 3 is 2.64 bits per heavy atom. The third-order valence-corrected chi connectivity index (χ3v) is 3.21. The first-order valence-corrected chi connectivity index (χ1v) is 7.05. The molecule has 1 amide bonds. The van der Waals surface area contributed by atoms with Crippen LogP contribution >= 0.6 is 0 Å². The molecule has 0 spiro atoms. The Balaban J connectivity index is 1.96. The third-order valence-electron chi connectivity index (χ3n) is 3.21. The summed E-state index contributed by atoms with van der Waals surface area (Å²) in [6.45, 7) is 0.212. The van der Waals surface area contributed by atoms with Gasteiger partial charge >= 0.3 is 6.18 Å². The van der Waals surface area contributed by atoms with Crippen molar-refractivity contribution in [2.24, 2.45) is 7.05 Å². The molecule has 2 rings (SSSR count). The molecule has 1 heterocycles. The van der Waals surface area contributed by atoms with Crippen LogP contribution < -0.4 is 10.6 Å². The maximum Gasteiger partial charge on any atom is 0.416 e. The summed E-state index contributed by atoms with van der Waals surface area (Å²) in [7, 11) is 1.65. The van der Waals surface area contributed by atoms with Gasteiger partial charge < -0.3 is 10.6 Å². The first kappa shape index (κ1) is 18.2.